The number of anilines is 1. The third-order valence-electron chi connectivity index (χ3n) is 9.95. The van der Waals surface area contributed by atoms with Crippen molar-refractivity contribution in [1.82, 2.24) is 30.2 Å². The fraction of sp³-hybridized carbons (Fsp3) is 0.647. The number of aliphatic hydroxyl groups is 1. The van der Waals surface area contributed by atoms with Crippen LogP contribution in [0.3, 0.4) is 0 Å². The number of piperazine rings is 1. The van der Waals surface area contributed by atoms with Gasteiger partial charge in [0.1, 0.15) is 30.4 Å². The Morgan fingerprint density at radius 3 is 2.47 bits per heavy atom. The van der Waals surface area contributed by atoms with Crippen LogP contribution in [0.2, 0.25) is 0 Å². The zero-order valence-corrected chi connectivity index (χ0v) is 28.5. The van der Waals surface area contributed by atoms with Crippen LogP contribution < -0.4 is 16.0 Å². The first-order valence-electron chi connectivity index (χ1n) is 16.8. The molecule has 5 atom stereocenters. The highest BCUT2D eigenvalue weighted by Gasteiger charge is 2.36. The van der Waals surface area contributed by atoms with Crippen LogP contribution in [-0.4, -0.2) is 107 Å². The Balaban J connectivity index is 1.52. The second-order valence-corrected chi connectivity index (χ2v) is 13.3. The molecule has 2 aromatic rings. The quantitative estimate of drug-likeness (QED) is 0.258. The van der Waals surface area contributed by atoms with E-state index < -0.39 is 41.9 Å². The normalized spacial score (nSPS) is 23.4. The average molecular weight is 658 g/mol. The zero-order valence-electron chi connectivity index (χ0n) is 28.5. The molecule has 2 aliphatic rings. The van der Waals surface area contributed by atoms with E-state index in [1.54, 1.807) is 23.0 Å². The van der Waals surface area contributed by atoms with Crippen molar-refractivity contribution in [2.75, 3.05) is 45.7 Å². The van der Waals surface area contributed by atoms with Gasteiger partial charge in [-0.05, 0) is 69.3 Å². The summed E-state index contributed by atoms with van der Waals surface area (Å²) in [6, 6.07) is 4.73. The number of methoxy groups -OCH3 is 1. The number of nitrogens with zero attached hydrogens (tertiary/aromatic N) is 4. The minimum atomic E-state index is -1.02. The molecule has 1 saturated carbocycles. The largest absolute Gasteiger partial charge is 0.376 e. The second-order valence-electron chi connectivity index (χ2n) is 13.3. The number of benzene rings is 1. The number of carbonyl (C=O) groups excluding carboxylic acids is 3. The molecule has 47 heavy (non-hydrogen) atoms. The molecule has 0 bridgehead atoms. The summed E-state index contributed by atoms with van der Waals surface area (Å²) >= 11 is 0. The number of carbonyl (C=O) groups is 3. The molecule has 12 nitrogen and oxygen atoms in total. The maximum absolute atomic E-state index is 15.7. The Labute approximate surface area is 277 Å². The third-order valence-corrected chi connectivity index (χ3v) is 9.95. The number of aromatic nitrogens is 2. The van der Waals surface area contributed by atoms with E-state index in [0.717, 1.165) is 32.2 Å². The van der Waals surface area contributed by atoms with Crippen molar-refractivity contribution in [2.24, 2.45) is 11.8 Å². The predicted molar refractivity (Wildman–Crippen MR) is 177 cm³/mol. The molecule has 1 unspecified atom stereocenters. The lowest BCUT2D eigenvalue weighted by Gasteiger charge is -2.43. The van der Waals surface area contributed by atoms with Crippen LogP contribution in [0, 0.1) is 17.7 Å². The van der Waals surface area contributed by atoms with E-state index >= 15 is 4.39 Å². The van der Waals surface area contributed by atoms with Gasteiger partial charge in [-0.15, -0.1) is 0 Å². The summed E-state index contributed by atoms with van der Waals surface area (Å²) in [5.74, 6) is -1.96. The van der Waals surface area contributed by atoms with Gasteiger partial charge in [0.05, 0.1) is 11.7 Å². The number of aliphatic hydroxyl groups excluding tert-OH is 1. The number of amides is 3. The van der Waals surface area contributed by atoms with Crippen molar-refractivity contribution in [1.29, 1.82) is 0 Å². The Bertz CT molecular complexity index is 1360. The molecule has 0 radical (unpaired) electrons. The molecule has 1 saturated heterocycles. The van der Waals surface area contributed by atoms with Gasteiger partial charge in [-0.2, -0.15) is 5.10 Å². The summed E-state index contributed by atoms with van der Waals surface area (Å²) in [5, 5.41) is 24.2. The fourth-order valence-electron chi connectivity index (χ4n) is 6.70. The van der Waals surface area contributed by atoms with E-state index in [0.29, 0.717) is 36.8 Å². The van der Waals surface area contributed by atoms with E-state index in [-0.39, 0.29) is 30.2 Å². The Morgan fingerprint density at radius 1 is 1.11 bits per heavy atom. The first kappa shape index (κ1) is 36.4. The van der Waals surface area contributed by atoms with Gasteiger partial charge >= 0.3 is 0 Å². The van der Waals surface area contributed by atoms with Gasteiger partial charge in [0, 0.05) is 51.4 Å². The highest BCUT2D eigenvalue weighted by Crippen LogP contribution is 2.32. The summed E-state index contributed by atoms with van der Waals surface area (Å²) in [7, 11) is 3.45. The van der Waals surface area contributed by atoms with Crippen molar-refractivity contribution in [3.63, 3.8) is 0 Å². The average Bonchev–Trinajstić information content (AvgIpc) is 3.54. The molecule has 13 heteroatoms. The van der Waals surface area contributed by atoms with Crippen LogP contribution in [0.15, 0.2) is 30.5 Å². The highest BCUT2D eigenvalue weighted by atomic mass is 19.1. The summed E-state index contributed by atoms with van der Waals surface area (Å²) < 4.78 is 22.3. The molecular weight excluding hydrogens is 605 g/mol. The summed E-state index contributed by atoms with van der Waals surface area (Å²) in [6.45, 7) is 10.3. The maximum atomic E-state index is 15.7. The smallest absolute Gasteiger partial charge is 0.270 e. The molecule has 0 spiro atoms. The zero-order chi connectivity index (χ0) is 34.2. The van der Waals surface area contributed by atoms with Crippen molar-refractivity contribution in [3.05, 3.63) is 47.5 Å². The van der Waals surface area contributed by atoms with Crippen LogP contribution in [0.25, 0.3) is 0 Å². The highest BCUT2D eigenvalue weighted by molar-refractivity contribution is 6.00. The second kappa shape index (κ2) is 16.6. The Kier molecular flexibility index (Phi) is 12.9. The van der Waals surface area contributed by atoms with Gasteiger partial charge < -0.3 is 30.7 Å². The first-order valence-corrected chi connectivity index (χ1v) is 16.8. The number of nitrogens with one attached hydrogen (secondary N) is 3. The minimum absolute atomic E-state index is 0.0126. The number of ether oxygens (including phenoxy) is 1. The molecule has 3 amide bonds. The molecular formula is C34H52FN7O5. The summed E-state index contributed by atoms with van der Waals surface area (Å²) in [5.41, 5.74) is 0.893. The number of likely N-dealkylation sites (N-methyl/N-ethyl adjacent to an activating group) is 1. The molecule has 260 valence electrons. The van der Waals surface area contributed by atoms with Crippen molar-refractivity contribution >= 4 is 23.4 Å². The van der Waals surface area contributed by atoms with E-state index in [9.17, 15) is 19.5 Å². The Morgan fingerprint density at radius 2 is 1.83 bits per heavy atom. The van der Waals surface area contributed by atoms with Crippen LogP contribution in [0.4, 0.5) is 10.1 Å². The standard InChI is InChI=1S/C34H52FN7O5/c1-7-42-28(14-15-36-42)32(44)39-31(24-10-8-21(2)9-11-24)33(45)37-27-13-12-25(18-26(27)35)23(4)30(38-29(43)20-47-6)34(46)41-17-16-40(5)22(3)19-41/h12-15,18,21-24,30-31,34,46H,7-11,16-17,19-20H2,1-6H3,(H,37,45)(H,38,43)(H,39,44)/t21-,22-,23+,24-,30-,31+,34?/m1/s1. The van der Waals surface area contributed by atoms with Crippen molar-refractivity contribution in [2.45, 2.75) is 90.2 Å². The van der Waals surface area contributed by atoms with Crippen LogP contribution in [-0.2, 0) is 20.9 Å². The molecule has 4 N–H and O–H groups in total. The number of hydrogen-bond donors (Lipinski definition) is 4. The molecule has 1 aliphatic heterocycles. The van der Waals surface area contributed by atoms with Gasteiger partial charge in [0.2, 0.25) is 11.8 Å². The number of hydrogen-bond acceptors (Lipinski definition) is 8. The lowest BCUT2D eigenvalue weighted by atomic mass is 9.79. The van der Waals surface area contributed by atoms with E-state index in [1.165, 1.54) is 19.2 Å². The number of halogens is 1. The molecule has 2 fully saturated rings. The minimum Gasteiger partial charge on any atom is -0.376 e. The lowest BCUT2D eigenvalue weighted by molar-refractivity contribution is -0.129. The van der Waals surface area contributed by atoms with E-state index in [1.807, 2.05) is 25.8 Å². The third kappa shape index (κ3) is 9.16. The first-order chi connectivity index (χ1) is 22.4. The molecule has 1 aliphatic carbocycles. The molecule has 1 aromatic carbocycles. The maximum Gasteiger partial charge on any atom is 0.270 e. The number of aryl methyl sites for hydroxylation is 1. The van der Waals surface area contributed by atoms with Gasteiger partial charge in [-0.3, -0.25) is 24.0 Å². The SMILES string of the molecule is CCn1nccc1C(=O)N[C@H](C(=O)Nc1ccc([C@H](C)[C@@H](NC(=O)COC)C(O)N2CCN(C)[C@H](C)C2)cc1F)[C@H]1CC[C@H](C)CC1. The molecule has 2 heterocycles. The monoisotopic (exact) mass is 657 g/mol. The van der Waals surface area contributed by atoms with Gasteiger partial charge in [-0.25, -0.2) is 4.39 Å². The molecule has 1 aromatic heterocycles. The van der Waals surface area contributed by atoms with E-state index in [2.05, 4.69) is 39.8 Å². The van der Waals surface area contributed by atoms with Crippen molar-refractivity contribution < 1.29 is 28.6 Å². The number of rotatable bonds is 13. The van der Waals surface area contributed by atoms with Crippen LogP contribution in [0.1, 0.15) is 75.3 Å². The summed E-state index contributed by atoms with van der Waals surface area (Å²) in [4.78, 5) is 43.7. The lowest BCUT2D eigenvalue weighted by Crippen LogP contribution is -2.60. The van der Waals surface area contributed by atoms with Crippen LogP contribution in [0.5, 0.6) is 0 Å². The van der Waals surface area contributed by atoms with Gasteiger partial charge in [0.15, 0.2) is 0 Å². The van der Waals surface area contributed by atoms with E-state index in [4.69, 9.17) is 4.74 Å². The predicted octanol–water partition coefficient (Wildman–Crippen LogP) is 2.79. The van der Waals surface area contributed by atoms with Gasteiger partial charge in [-0.1, -0.05) is 32.8 Å². The van der Waals surface area contributed by atoms with Crippen molar-refractivity contribution in [3.8, 4) is 0 Å². The molecule has 4 rings (SSSR count). The van der Waals surface area contributed by atoms with Gasteiger partial charge in [0.25, 0.3) is 5.91 Å². The fourth-order valence-corrected chi connectivity index (χ4v) is 6.70. The van der Waals surface area contributed by atoms with Crippen LogP contribution >= 0.6 is 0 Å². The Hall–Kier alpha value is -3.39. The summed E-state index contributed by atoms with van der Waals surface area (Å²) in [6.07, 6.45) is 3.96. The topological polar surface area (TPSA) is 141 Å².